The highest BCUT2D eigenvalue weighted by Gasteiger charge is 2.19. The highest BCUT2D eigenvalue weighted by molar-refractivity contribution is 5.71. The van der Waals surface area contributed by atoms with Crippen molar-refractivity contribution in [3.63, 3.8) is 0 Å². The first kappa shape index (κ1) is 69.4. The minimum Gasteiger partial charge on any atom is -0.462 e. The SMILES string of the molecule is CCCCCCCCCCCCCCCCCCCC(=O)OC[C@@H](COC(=O)CCCCCCCCCCCCCCCCC(C)CC)OC(=O)CCCCCCCCCCCCCCCCC(C)CC. The summed E-state index contributed by atoms with van der Waals surface area (Å²) in [7, 11) is 0. The summed E-state index contributed by atoms with van der Waals surface area (Å²) in [5.41, 5.74) is 0. The van der Waals surface area contributed by atoms with Gasteiger partial charge in [-0.05, 0) is 31.1 Å². The van der Waals surface area contributed by atoms with E-state index < -0.39 is 6.10 Å². The molecule has 0 saturated heterocycles. The maximum absolute atomic E-state index is 12.9. The second kappa shape index (κ2) is 57.7. The Morgan fingerprint density at radius 2 is 0.493 bits per heavy atom. The van der Waals surface area contributed by atoms with E-state index in [1.807, 2.05) is 0 Å². The average molecular weight is 1000 g/mol. The first-order valence-electron chi connectivity index (χ1n) is 32.3. The van der Waals surface area contributed by atoms with Crippen LogP contribution in [0.2, 0.25) is 0 Å². The van der Waals surface area contributed by atoms with E-state index in [9.17, 15) is 14.4 Å². The molecule has 0 amide bonds. The summed E-state index contributed by atoms with van der Waals surface area (Å²) in [6.45, 7) is 11.5. The zero-order valence-corrected chi connectivity index (χ0v) is 48.9. The lowest BCUT2D eigenvalue weighted by atomic mass is 9.99. The maximum Gasteiger partial charge on any atom is 0.306 e. The van der Waals surface area contributed by atoms with Crippen LogP contribution in [0.25, 0.3) is 0 Å². The molecule has 422 valence electrons. The molecule has 0 heterocycles. The zero-order valence-electron chi connectivity index (χ0n) is 48.9. The first-order chi connectivity index (χ1) is 34.8. The molecule has 0 aliphatic heterocycles. The fourth-order valence-corrected chi connectivity index (χ4v) is 10.0. The Morgan fingerprint density at radius 3 is 0.732 bits per heavy atom. The molecule has 0 aromatic carbocycles. The van der Waals surface area contributed by atoms with Crippen LogP contribution in [0.15, 0.2) is 0 Å². The van der Waals surface area contributed by atoms with Crippen molar-refractivity contribution < 1.29 is 28.6 Å². The molecule has 0 saturated carbocycles. The van der Waals surface area contributed by atoms with E-state index >= 15 is 0 Å². The van der Waals surface area contributed by atoms with E-state index in [2.05, 4.69) is 34.6 Å². The number of carbonyl (C=O) groups excluding carboxylic acids is 3. The first-order valence-corrected chi connectivity index (χ1v) is 32.3. The molecule has 0 aliphatic carbocycles. The van der Waals surface area contributed by atoms with E-state index in [0.717, 1.165) is 69.6 Å². The summed E-state index contributed by atoms with van der Waals surface area (Å²) in [6.07, 6.45) is 63.7. The summed E-state index contributed by atoms with van der Waals surface area (Å²) in [5, 5.41) is 0. The number of rotatable bonds is 59. The molecule has 71 heavy (non-hydrogen) atoms. The van der Waals surface area contributed by atoms with Gasteiger partial charge in [0.25, 0.3) is 0 Å². The summed E-state index contributed by atoms with van der Waals surface area (Å²) < 4.78 is 17.0. The second-order valence-electron chi connectivity index (χ2n) is 22.9. The molecule has 0 fully saturated rings. The third-order valence-corrected chi connectivity index (χ3v) is 15.7. The van der Waals surface area contributed by atoms with Gasteiger partial charge in [-0.1, -0.05) is 330 Å². The number of hydrogen-bond acceptors (Lipinski definition) is 6. The van der Waals surface area contributed by atoms with Crippen LogP contribution >= 0.6 is 0 Å². The fraction of sp³-hybridized carbons (Fsp3) is 0.954. The van der Waals surface area contributed by atoms with Crippen LogP contribution in [-0.4, -0.2) is 37.2 Å². The molecule has 0 aromatic rings. The van der Waals surface area contributed by atoms with Crippen molar-refractivity contribution in [1.82, 2.24) is 0 Å². The normalized spacial score (nSPS) is 12.8. The highest BCUT2D eigenvalue weighted by Crippen LogP contribution is 2.20. The molecule has 0 aromatic heterocycles. The second-order valence-corrected chi connectivity index (χ2v) is 22.9. The Balaban J connectivity index is 4.30. The maximum atomic E-state index is 12.9. The summed E-state index contributed by atoms with van der Waals surface area (Å²) in [5.74, 6) is 0.960. The summed E-state index contributed by atoms with van der Waals surface area (Å²) in [6, 6.07) is 0. The van der Waals surface area contributed by atoms with Gasteiger partial charge in [0, 0.05) is 19.3 Å². The molecular weight excluding hydrogens is 877 g/mol. The molecule has 0 aliphatic rings. The van der Waals surface area contributed by atoms with E-state index in [1.165, 1.54) is 257 Å². The largest absolute Gasteiger partial charge is 0.462 e. The van der Waals surface area contributed by atoms with Crippen LogP contribution in [0, 0.1) is 11.8 Å². The van der Waals surface area contributed by atoms with Crippen LogP contribution in [0.4, 0.5) is 0 Å². The third-order valence-electron chi connectivity index (χ3n) is 15.7. The standard InChI is InChI=1S/C65H126O6/c1-6-9-10-11-12-13-14-15-16-17-18-25-30-35-40-45-50-55-63(66)69-58-62(71-65(68)57-52-47-42-37-32-27-22-20-24-29-34-39-44-49-54-61(5)8-3)59-70-64(67)56-51-46-41-36-31-26-21-19-23-28-33-38-43-48-53-60(4)7-2/h60-62H,6-59H2,1-5H3/t60?,61?,62-/m0/s1. The quantitative estimate of drug-likeness (QED) is 0.0343. The Hall–Kier alpha value is -1.59. The predicted molar refractivity (Wildman–Crippen MR) is 307 cm³/mol. The van der Waals surface area contributed by atoms with Gasteiger partial charge in [-0.15, -0.1) is 0 Å². The Morgan fingerprint density at radius 1 is 0.282 bits per heavy atom. The van der Waals surface area contributed by atoms with E-state index in [1.54, 1.807) is 0 Å². The number of ether oxygens (including phenoxy) is 3. The molecule has 0 rings (SSSR count). The minimum absolute atomic E-state index is 0.0618. The van der Waals surface area contributed by atoms with Crippen molar-refractivity contribution in [3.8, 4) is 0 Å². The third kappa shape index (κ3) is 56.0. The van der Waals surface area contributed by atoms with Crippen LogP contribution in [-0.2, 0) is 28.6 Å². The minimum atomic E-state index is -0.764. The highest BCUT2D eigenvalue weighted by atomic mass is 16.6. The van der Waals surface area contributed by atoms with Crippen LogP contribution in [0.3, 0.4) is 0 Å². The number of hydrogen-bond donors (Lipinski definition) is 0. The lowest BCUT2D eigenvalue weighted by molar-refractivity contribution is -0.167. The molecule has 3 atom stereocenters. The smallest absolute Gasteiger partial charge is 0.306 e. The van der Waals surface area contributed by atoms with Crippen molar-refractivity contribution >= 4 is 17.9 Å². The van der Waals surface area contributed by atoms with E-state index in [0.29, 0.717) is 19.3 Å². The fourth-order valence-electron chi connectivity index (χ4n) is 10.0. The van der Waals surface area contributed by atoms with Gasteiger partial charge >= 0.3 is 17.9 Å². The molecular formula is C65H126O6. The number of unbranched alkanes of at least 4 members (excludes halogenated alkanes) is 42. The van der Waals surface area contributed by atoms with Crippen molar-refractivity contribution in [2.75, 3.05) is 13.2 Å². The van der Waals surface area contributed by atoms with Crippen LogP contribution < -0.4 is 0 Å². The van der Waals surface area contributed by atoms with Gasteiger partial charge in [-0.25, -0.2) is 0 Å². The van der Waals surface area contributed by atoms with Gasteiger partial charge in [0.15, 0.2) is 6.10 Å². The molecule has 0 spiro atoms. The van der Waals surface area contributed by atoms with Gasteiger partial charge in [-0.3, -0.25) is 14.4 Å². The molecule has 2 unspecified atom stereocenters. The Bertz CT molecular complexity index is 1090. The van der Waals surface area contributed by atoms with E-state index in [4.69, 9.17) is 14.2 Å². The molecule has 6 heteroatoms. The Kier molecular flexibility index (Phi) is 56.4. The van der Waals surface area contributed by atoms with Gasteiger partial charge in [0.05, 0.1) is 0 Å². The molecule has 0 bridgehead atoms. The van der Waals surface area contributed by atoms with Gasteiger partial charge in [0.1, 0.15) is 13.2 Å². The lowest BCUT2D eigenvalue weighted by Crippen LogP contribution is -2.30. The predicted octanol–water partition coefficient (Wildman–Crippen LogP) is 21.6. The summed E-state index contributed by atoms with van der Waals surface area (Å²) in [4.78, 5) is 38.3. The molecule has 0 N–H and O–H groups in total. The topological polar surface area (TPSA) is 78.9 Å². The van der Waals surface area contributed by atoms with Crippen molar-refractivity contribution in [1.29, 1.82) is 0 Å². The molecule has 6 nitrogen and oxygen atoms in total. The van der Waals surface area contributed by atoms with Crippen LogP contribution in [0.5, 0.6) is 0 Å². The van der Waals surface area contributed by atoms with Crippen molar-refractivity contribution in [2.24, 2.45) is 11.8 Å². The number of esters is 3. The van der Waals surface area contributed by atoms with Crippen molar-refractivity contribution in [2.45, 2.75) is 375 Å². The van der Waals surface area contributed by atoms with Gasteiger partial charge < -0.3 is 14.2 Å². The van der Waals surface area contributed by atoms with E-state index in [-0.39, 0.29) is 31.1 Å². The average Bonchev–Trinajstić information content (AvgIpc) is 3.37. The monoisotopic (exact) mass is 1000 g/mol. The number of carbonyl (C=O) groups is 3. The zero-order chi connectivity index (χ0) is 51.8. The molecule has 0 radical (unpaired) electrons. The van der Waals surface area contributed by atoms with Crippen molar-refractivity contribution in [3.05, 3.63) is 0 Å². The summed E-state index contributed by atoms with van der Waals surface area (Å²) >= 11 is 0. The van der Waals surface area contributed by atoms with Gasteiger partial charge in [0.2, 0.25) is 0 Å². The van der Waals surface area contributed by atoms with Gasteiger partial charge in [-0.2, -0.15) is 0 Å². The van der Waals surface area contributed by atoms with Crippen LogP contribution in [0.1, 0.15) is 369 Å². The Labute approximate surface area is 444 Å². The lowest BCUT2D eigenvalue weighted by Gasteiger charge is -2.18.